The first-order chi connectivity index (χ1) is 14.0. The molecule has 0 N–H and O–H groups in total. The van der Waals surface area contributed by atoms with Crippen LogP contribution in [0.2, 0.25) is 0 Å². The summed E-state index contributed by atoms with van der Waals surface area (Å²) in [5.41, 5.74) is 2.61. The minimum atomic E-state index is -3.92. The smallest absolute Gasteiger partial charge is 0.172 e. The summed E-state index contributed by atoms with van der Waals surface area (Å²) in [4.78, 5) is 11.3. The molecule has 1 aliphatic heterocycles. The number of aryl methyl sites for hydroxylation is 2. The van der Waals surface area contributed by atoms with Crippen LogP contribution in [0.5, 0.6) is 0 Å². The van der Waals surface area contributed by atoms with Crippen molar-refractivity contribution in [3.63, 3.8) is 0 Å². The highest BCUT2D eigenvalue weighted by Crippen LogP contribution is 2.30. The van der Waals surface area contributed by atoms with Gasteiger partial charge in [-0.2, -0.15) is 0 Å². The molecule has 2 rings (SSSR count). The topological polar surface area (TPSA) is 96.6 Å². The predicted octanol–water partition coefficient (Wildman–Crippen LogP) is 2.96. The number of nitrogens with zero attached hydrogens (tertiary/aromatic N) is 1. The lowest BCUT2D eigenvalue weighted by Crippen LogP contribution is -2.39. The molecule has 0 radical (unpaired) electrons. The Morgan fingerprint density at radius 2 is 1.87 bits per heavy atom. The minimum absolute atomic E-state index is 0.0714. The summed E-state index contributed by atoms with van der Waals surface area (Å²) < 4.78 is 41.3. The van der Waals surface area contributed by atoms with E-state index < -0.39 is 10.1 Å². The van der Waals surface area contributed by atoms with Crippen molar-refractivity contribution in [2.45, 2.75) is 78.6 Å². The maximum Gasteiger partial charge on any atom is 0.172 e. The quantitative estimate of drug-likeness (QED) is 0.331. The Morgan fingerprint density at radius 3 is 2.37 bits per heavy atom. The molecule has 1 fully saturated rings. The van der Waals surface area contributed by atoms with Crippen LogP contribution in [0, 0.1) is 5.41 Å². The minimum Gasteiger partial charge on any atom is -0.748 e. The normalized spacial score (nSPS) is 17.7. The van der Waals surface area contributed by atoms with Crippen LogP contribution in [0.15, 0.2) is 18.5 Å². The van der Waals surface area contributed by atoms with Crippen molar-refractivity contribution < 1.29 is 31.8 Å². The summed E-state index contributed by atoms with van der Waals surface area (Å²) in [6, 6.07) is 2.24. The number of pyridine rings is 1. The van der Waals surface area contributed by atoms with Crippen LogP contribution in [0.3, 0.4) is 0 Å². The van der Waals surface area contributed by atoms with E-state index in [0.29, 0.717) is 25.9 Å². The van der Waals surface area contributed by atoms with E-state index in [0.717, 1.165) is 25.7 Å². The molecule has 1 aromatic heterocycles. The van der Waals surface area contributed by atoms with Crippen molar-refractivity contribution in [3.05, 3.63) is 29.6 Å². The highest BCUT2D eigenvalue weighted by atomic mass is 32.2. The SMILES string of the molecule is CCCC[n+]1cc(CC)cc(C(CC=O)CC2OCC(C)(C)CO2)c1.CS(=O)(=O)[O-]. The molecular weight excluding hydrogens is 406 g/mol. The number of rotatable bonds is 9. The third-order valence-electron chi connectivity index (χ3n) is 4.83. The van der Waals surface area contributed by atoms with Gasteiger partial charge in [-0.1, -0.05) is 34.1 Å². The Balaban J connectivity index is 0.000000804. The summed E-state index contributed by atoms with van der Waals surface area (Å²) in [6.45, 7) is 11.1. The lowest BCUT2D eigenvalue weighted by Gasteiger charge is -2.35. The molecule has 0 spiro atoms. The van der Waals surface area contributed by atoms with Gasteiger partial charge in [0.1, 0.15) is 12.8 Å². The van der Waals surface area contributed by atoms with Gasteiger partial charge in [0.25, 0.3) is 0 Å². The Labute approximate surface area is 181 Å². The van der Waals surface area contributed by atoms with E-state index in [2.05, 4.69) is 50.7 Å². The van der Waals surface area contributed by atoms with Crippen molar-refractivity contribution in [1.82, 2.24) is 0 Å². The van der Waals surface area contributed by atoms with Crippen molar-refractivity contribution >= 4 is 16.4 Å². The van der Waals surface area contributed by atoms with E-state index in [1.54, 1.807) is 0 Å². The number of carbonyl (C=O) groups is 1. The van der Waals surface area contributed by atoms with E-state index in [4.69, 9.17) is 22.4 Å². The zero-order valence-corrected chi connectivity index (χ0v) is 19.7. The highest BCUT2D eigenvalue weighted by Gasteiger charge is 2.30. The van der Waals surface area contributed by atoms with Gasteiger partial charge in [0.2, 0.25) is 0 Å². The molecule has 1 atom stereocenters. The van der Waals surface area contributed by atoms with Crippen LogP contribution < -0.4 is 4.57 Å². The first kappa shape index (κ1) is 26.7. The number of hydrogen-bond donors (Lipinski definition) is 0. The standard InChI is InChI=1S/C21H34NO3.CH4O3S/c1-5-7-9-22-13-17(6-2)11-19(14-22)18(8-10-23)12-20-24-15-21(3,4)16-25-20;1-5(2,3)4/h10-11,13-14,18,20H,5-9,12,15-16H2,1-4H3;1H3,(H,2,3,4)/q+1;/p-1. The fourth-order valence-corrected chi connectivity index (χ4v) is 3.20. The van der Waals surface area contributed by atoms with Crippen molar-refractivity contribution in [1.29, 1.82) is 0 Å². The van der Waals surface area contributed by atoms with Crippen LogP contribution in [0.25, 0.3) is 0 Å². The number of unbranched alkanes of at least 4 members (excludes halogenated alkanes) is 1. The van der Waals surface area contributed by atoms with Crippen molar-refractivity contribution in [3.8, 4) is 0 Å². The molecule has 30 heavy (non-hydrogen) atoms. The highest BCUT2D eigenvalue weighted by molar-refractivity contribution is 7.84. The molecule has 0 bridgehead atoms. The molecule has 0 saturated carbocycles. The number of carbonyl (C=O) groups excluding carboxylic acids is 1. The Kier molecular flexibility index (Phi) is 11.1. The van der Waals surface area contributed by atoms with Gasteiger partial charge in [0.05, 0.1) is 23.3 Å². The van der Waals surface area contributed by atoms with Crippen molar-refractivity contribution in [2.75, 3.05) is 19.5 Å². The number of aromatic nitrogens is 1. The van der Waals surface area contributed by atoms with Crippen LogP contribution in [0.4, 0.5) is 0 Å². The summed E-state index contributed by atoms with van der Waals surface area (Å²) in [5, 5.41) is 0. The van der Waals surface area contributed by atoms with Crippen LogP contribution in [0.1, 0.15) is 70.4 Å². The van der Waals surface area contributed by atoms with Gasteiger partial charge in [-0.25, -0.2) is 13.0 Å². The van der Waals surface area contributed by atoms with Gasteiger partial charge in [-0.15, -0.1) is 0 Å². The van der Waals surface area contributed by atoms with Crippen LogP contribution in [-0.4, -0.2) is 45.0 Å². The molecule has 1 saturated heterocycles. The van der Waals surface area contributed by atoms with Crippen LogP contribution >= 0.6 is 0 Å². The summed E-state index contributed by atoms with van der Waals surface area (Å²) in [6.07, 6.45) is 10.4. The predicted molar refractivity (Wildman–Crippen MR) is 114 cm³/mol. The molecule has 0 aromatic carbocycles. The summed E-state index contributed by atoms with van der Waals surface area (Å²) >= 11 is 0. The fourth-order valence-electron chi connectivity index (χ4n) is 3.20. The molecule has 0 amide bonds. The molecule has 8 heteroatoms. The Bertz CT molecular complexity index is 745. The van der Waals surface area contributed by atoms with Crippen molar-refractivity contribution in [2.24, 2.45) is 5.41 Å². The zero-order valence-electron chi connectivity index (χ0n) is 18.9. The number of hydrogen-bond acceptors (Lipinski definition) is 6. The maximum absolute atomic E-state index is 11.3. The van der Waals surface area contributed by atoms with Gasteiger partial charge in [-0.05, 0) is 12.5 Å². The van der Waals surface area contributed by atoms with E-state index in [9.17, 15) is 4.79 Å². The molecule has 1 aromatic rings. The first-order valence-corrected chi connectivity index (χ1v) is 12.4. The second kappa shape index (κ2) is 12.5. The molecule has 7 nitrogen and oxygen atoms in total. The molecule has 1 unspecified atom stereocenters. The van der Waals surface area contributed by atoms with E-state index in [-0.39, 0.29) is 17.6 Å². The average Bonchev–Trinajstić information content (AvgIpc) is 2.66. The second-order valence-electron chi connectivity index (χ2n) is 8.68. The van der Waals surface area contributed by atoms with E-state index >= 15 is 0 Å². The third kappa shape index (κ3) is 11.2. The Morgan fingerprint density at radius 1 is 1.27 bits per heavy atom. The maximum atomic E-state index is 11.3. The van der Waals surface area contributed by atoms with E-state index in [1.807, 2.05) is 0 Å². The summed E-state index contributed by atoms with van der Waals surface area (Å²) in [7, 11) is -3.92. The monoisotopic (exact) mass is 443 g/mol. The zero-order chi connectivity index (χ0) is 22.8. The molecule has 0 aliphatic carbocycles. The fraction of sp³-hybridized carbons (Fsp3) is 0.727. The van der Waals surface area contributed by atoms with Gasteiger partial charge in [0, 0.05) is 48.0 Å². The molecule has 2 heterocycles. The summed E-state index contributed by atoms with van der Waals surface area (Å²) in [5.74, 6) is 0.142. The van der Waals surface area contributed by atoms with E-state index in [1.165, 1.54) is 24.0 Å². The molecule has 1 aliphatic rings. The molecular formula is C22H37NO6S. The lowest BCUT2D eigenvalue weighted by molar-refractivity contribution is -0.698. The largest absolute Gasteiger partial charge is 0.748 e. The number of ether oxygens (including phenoxy) is 2. The Hall–Kier alpha value is -1.35. The first-order valence-electron chi connectivity index (χ1n) is 10.6. The molecule has 172 valence electrons. The van der Waals surface area contributed by atoms with Gasteiger partial charge >= 0.3 is 0 Å². The third-order valence-corrected chi connectivity index (χ3v) is 4.83. The second-order valence-corrected chi connectivity index (χ2v) is 10.1. The van der Waals surface area contributed by atoms with Gasteiger partial charge < -0.3 is 18.8 Å². The number of aldehydes is 1. The van der Waals surface area contributed by atoms with Crippen LogP contribution in [-0.2, 0) is 37.4 Å². The van der Waals surface area contributed by atoms with Gasteiger partial charge in [0.15, 0.2) is 18.7 Å². The van der Waals surface area contributed by atoms with Gasteiger partial charge in [-0.3, -0.25) is 0 Å². The average molecular weight is 444 g/mol. The lowest BCUT2D eigenvalue weighted by atomic mass is 9.91.